The van der Waals surface area contributed by atoms with Crippen LogP contribution in [0.4, 0.5) is 10.1 Å². The maximum Gasteiger partial charge on any atom is 0.223 e. The van der Waals surface area contributed by atoms with Crippen molar-refractivity contribution in [3.63, 3.8) is 0 Å². The molecule has 2 atom stereocenters. The van der Waals surface area contributed by atoms with E-state index in [0.29, 0.717) is 24.3 Å². The number of halogens is 1. The average Bonchev–Trinajstić information content (AvgIpc) is 3.06. The summed E-state index contributed by atoms with van der Waals surface area (Å²) in [4.78, 5) is 14.4. The van der Waals surface area contributed by atoms with Gasteiger partial charge >= 0.3 is 0 Å². The van der Waals surface area contributed by atoms with Crippen LogP contribution in [0, 0.1) is 5.82 Å². The Balaban J connectivity index is 1.77. The van der Waals surface area contributed by atoms with Gasteiger partial charge in [-0.05, 0) is 42.0 Å². The molecule has 0 saturated carbocycles. The predicted octanol–water partition coefficient (Wildman–Crippen LogP) is 5.17. The molecule has 2 aliphatic heterocycles. The third kappa shape index (κ3) is 2.98. The fraction of sp³-hybridized carbons (Fsp3) is 0.409. The highest BCUT2D eigenvalue weighted by Crippen LogP contribution is 2.44. The Kier molecular flexibility index (Phi) is 4.43. The van der Waals surface area contributed by atoms with Crippen LogP contribution in [-0.4, -0.2) is 17.4 Å². The first-order valence-corrected chi connectivity index (χ1v) is 9.49. The number of carbonyl (C=O) groups excluding carboxylic acids is 1. The minimum Gasteiger partial charge on any atom is -0.378 e. The van der Waals surface area contributed by atoms with E-state index in [1.807, 2.05) is 17.0 Å². The van der Waals surface area contributed by atoms with Crippen molar-refractivity contribution in [2.45, 2.75) is 51.1 Å². The number of nitrogens with one attached hydrogen (secondary N) is 1. The van der Waals surface area contributed by atoms with E-state index in [2.05, 4.69) is 37.4 Å². The standard InChI is InChI=1S/C22H25FN2O/c1-14(2)15-9-10-19-17(12-15)21(25-11-5-8-22(25)26)13-20(24-19)16-6-3-4-7-18(16)23/h3-4,6-7,9-10,12,14,20-21,24H,5,8,11,13H2,1-2H3. The summed E-state index contributed by atoms with van der Waals surface area (Å²) in [5, 5.41) is 3.51. The van der Waals surface area contributed by atoms with Crippen molar-refractivity contribution in [1.82, 2.24) is 4.90 Å². The lowest BCUT2D eigenvalue weighted by atomic mass is 9.86. The monoisotopic (exact) mass is 352 g/mol. The largest absolute Gasteiger partial charge is 0.378 e. The number of anilines is 1. The molecular formula is C22H25FN2O. The maximum absolute atomic E-state index is 14.4. The van der Waals surface area contributed by atoms with Crippen molar-refractivity contribution in [1.29, 1.82) is 0 Å². The quantitative estimate of drug-likeness (QED) is 0.826. The van der Waals surface area contributed by atoms with Gasteiger partial charge in [0.2, 0.25) is 5.91 Å². The van der Waals surface area contributed by atoms with Gasteiger partial charge in [-0.15, -0.1) is 0 Å². The van der Waals surface area contributed by atoms with Crippen LogP contribution >= 0.6 is 0 Å². The normalized spacial score (nSPS) is 22.5. The van der Waals surface area contributed by atoms with E-state index >= 15 is 0 Å². The number of nitrogens with zero attached hydrogens (tertiary/aromatic N) is 1. The average molecular weight is 352 g/mol. The van der Waals surface area contributed by atoms with Crippen LogP contribution in [-0.2, 0) is 4.79 Å². The number of carbonyl (C=O) groups is 1. The van der Waals surface area contributed by atoms with E-state index in [4.69, 9.17) is 0 Å². The molecule has 0 aromatic heterocycles. The SMILES string of the molecule is CC(C)c1ccc2c(c1)C(N1CCCC1=O)CC(c1ccccc1F)N2. The van der Waals surface area contributed by atoms with Crippen molar-refractivity contribution in [3.8, 4) is 0 Å². The molecule has 0 radical (unpaired) electrons. The molecule has 0 aliphatic carbocycles. The Labute approximate surface area is 154 Å². The van der Waals surface area contributed by atoms with Gasteiger partial charge in [0, 0.05) is 24.2 Å². The second kappa shape index (κ2) is 6.75. The lowest BCUT2D eigenvalue weighted by molar-refractivity contribution is -0.130. The minimum absolute atomic E-state index is 0.00422. The number of benzene rings is 2. The molecule has 2 aliphatic rings. The molecule has 1 N–H and O–H groups in total. The topological polar surface area (TPSA) is 32.3 Å². The van der Waals surface area contributed by atoms with E-state index < -0.39 is 0 Å². The second-order valence-electron chi connectivity index (χ2n) is 7.66. The predicted molar refractivity (Wildman–Crippen MR) is 102 cm³/mol. The molecule has 1 amide bonds. The Morgan fingerprint density at radius 2 is 1.96 bits per heavy atom. The highest BCUT2D eigenvalue weighted by atomic mass is 19.1. The summed E-state index contributed by atoms with van der Waals surface area (Å²) in [6, 6.07) is 13.2. The molecule has 1 saturated heterocycles. The molecule has 2 heterocycles. The van der Waals surface area contributed by atoms with E-state index in [0.717, 1.165) is 18.7 Å². The zero-order valence-electron chi connectivity index (χ0n) is 15.3. The maximum atomic E-state index is 14.4. The zero-order valence-corrected chi connectivity index (χ0v) is 15.3. The molecule has 4 rings (SSSR count). The molecule has 1 fully saturated rings. The Hall–Kier alpha value is -2.36. The summed E-state index contributed by atoms with van der Waals surface area (Å²) < 4.78 is 14.4. The third-order valence-electron chi connectivity index (χ3n) is 5.66. The minimum atomic E-state index is -0.196. The van der Waals surface area contributed by atoms with Gasteiger partial charge in [-0.25, -0.2) is 4.39 Å². The summed E-state index contributed by atoms with van der Waals surface area (Å²) in [7, 11) is 0. The van der Waals surface area contributed by atoms with Crippen LogP contribution in [0.25, 0.3) is 0 Å². The van der Waals surface area contributed by atoms with Gasteiger partial charge in [0.25, 0.3) is 0 Å². The molecule has 136 valence electrons. The zero-order chi connectivity index (χ0) is 18.3. The molecule has 4 heteroatoms. The summed E-state index contributed by atoms with van der Waals surface area (Å²) in [6.45, 7) is 5.14. The molecule has 0 bridgehead atoms. The molecule has 2 aromatic rings. The molecular weight excluding hydrogens is 327 g/mol. The first kappa shape index (κ1) is 17.1. The summed E-state index contributed by atoms with van der Waals surface area (Å²) in [5.41, 5.74) is 4.12. The molecule has 2 unspecified atom stereocenters. The van der Waals surface area contributed by atoms with Crippen LogP contribution in [0.2, 0.25) is 0 Å². The number of fused-ring (bicyclic) bond motifs is 1. The van der Waals surface area contributed by atoms with Crippen molar-refractivity contribution >= 4 is 11.6 Å². The van der Waals surface area contributed by atoms with Crippen LogP contribution < -0.4 is 5.32 Å². The number of amides is 1. The van der Waals surface area contributed by atoms with Crippen LogP contribution in [0.1, 0.15) is 67.8 Å². The third-order valence-corrected chi connectivity index (χ3v) is 5.66. The van der Waals surface area contributed by atoms with E-state index in [1.165, 1.54) is 17.2 Å². The first-order chi connectivity index (χ1) is 12.5. The summed E-state index contributed by atoms with van der Waals surface area (Å²) in [6.07, 6.45) is 2.22. The lowest BCUT2D eigenvalue weighted by Gasteiger charge is -2.38. The van der Waals surface area contributed by atoms with E-state index in [9.17, 15) is 9.18 Å². The number of hydrogen-bond donors (Lipinski definition) is 1. The summed E-state index contributed by atoms with van der Waals surface area (Å²) >= 11 is 0. The summed E-state index contributed by atoms with van der Waals surface area (Å²) in [5.74, 6) is 0.448. The lowest BCUT2D eigenvalue weighted by Crippen LogP contribution is -2.35. The van der Waals surface area contributed by atoms with Crippen molar-refractivity contribution in [2.24, 2.45) is 0 Å². The van der Waals surface area contributed by atoms with Gasteiger partial charge in [-0.2, -0.15) is 0 Å². The number of rotatable bonds is 3. The Bertz CT molecular complexity index is 833. The first-order valence-electron chi connectivity index (χ1n) is 9.49. The van der Waals surface area contributed by atoms with E-state index in [1.54, 1.807) is 6.07 Å². The highest BCUT2D eigenvalue weighted by molar-refractivity contribution is 5.79. The van der Waals surface area contributed by atoms with Gasteiger partial charge in [-0.3, -0.25) is 4.79 Å². The van der Waals surface area contributed by atoms with Crippen molar-refractivity contribution in [2.75, 3.05) is 11.9 Å². The van der Waals surface area contributed by atoms with Crippen LogP contribution in [0.3, 0.4) is 0 Å². The Morgan fingerprint density at radius 1 is 1.15 bits per heavy atom. The highest BCUT2D eigenvalue weighted by Gasteiger charge is 2.36. The van der Waals surface area contributed by atoms with E-state index in [-0.39, 0.29) is 23.8 Å². The van der Waals surface area contributed by atoms with Gasteiger partial charge in [0.05, 0.1) is 12.1 Å². The van der Waals surface area contributed by atoms with Gasteiger partial charge < -0.3 is 10.2 Å². The Morgan fingerprint density at radius 3 is 2.65 bits per heavy atom. The number of likely N-dealkylation sites (tertiary alicyclic amines) is 1. The number of hydrogen-bond acceptors (Lipinski definition) is 2. The van der Waals surface area contributed by atoms with Crippen molar-refractivity contribution < 1.29 is 9.18 Å². The van der Waals surface area contributed by atoms with Crippen LogP contribution in [0.5, 0.6) is 0 Å². The molecule has 2 aromatic carbocycles. The molecule has 26 heavy (non-hydrogen) atoms. The van der Waals surface area contributed by atoms with Crippen LogP contribution in [0.15, 0.2) is 42.5 Å². The fourth-order valence-electron chi connectivity index (χ4n) is 4.20. The van der Waals surface area contributed by atoms with Gasteiger partial charge in [-0.1, -0.05) is 44.2 Å². The van der Waals surface area contributed by atoms with Crippen molar-refractivity contribution in [3.05, 3.63) is 65.0 Å². The fourth-order valence-corrected chi connectivity index (χ4v) is 4.20. The van der Waals surface area contributed by atoms with Gasteiger partial charge in [0.1, 0.15) is 5.82 Å². The van der Waals surface area contributed by atoms with Gasteiger partial charge in [0.15, 0.2) is 0 Å². The molecule has 3 nitrogen and oxygen atoms in total. The second-order valence-corrected chi connectivity index (χ2v) is 7.66. The molecule has 0 spiro atoms. The smallest absolute Gasteiger partial charge is 0.223 e.